The first-order valence-electron chi connectivity index (χ1n) is 9.48. The van der Waals surface area contributed by atoms with E-state index >= 15 is 0 Å². The number of aromatic nitrogens is 5. The van der Waals surface area contributed by atoms with E-state index in [4.69, 9.17) is 4.74 Å². The lowest BCUT2D eigenvalue weighted by Crippen LogP contribution is -2.25. The van der Waals surface area contributed by atoms with Gasteiger partial charge in [-0.3, -0.25) is 9.36 Å². The Morgan fingerprint density at radius 1 is 1.16 bits per heavy atom. The molecule has 0 aliphatic carbocycles. The van der Waals surface area contributed by atoms with Gasteiger partial charge in [0.2, 0.25) is 5.95 Å². The van der Waals surface area contributed by atoms with Crippen molar-refractivity contribution < 1.29 is 9.13 Å². The molecule has 4 aromatic rings. The molecule has 1 aliphatic heterocycles. The van der Waals surface area contributed by atoms with Crippen LogP contribution in [0.3, 0.4) is 0 Å². The lowest BCUT2D eigenvalue weighted by Gasteiger charge is -2.26. The number of aromatic amines is 1. The SMILES string of the molecule is O=c1[nH]nccc1-c1ccc(Br)c(Nc2nnc3n2C(c2ccc(F)cc2)COC3)c1. The van der Waals surface area contributed by atoms with E-state index in [1.54, 1.807) is 18.2 Å². The Morgan fingerprint density at radius 2 is 2.00 bits per heavy atom. The first kappa shape index (κ1) is 19.6. The monoisotopic (exact) mass is 482 g/mol. The lowest BCUT2D eigenvalue weighted by molar-refractivity contribution is 0.0670. The van der Waals surface area contributed by atoms with Gasteiger partial charge in [-0.05, 0) is 57.4 Å². The zero-order valence-corrected chi connectivity index (χ0v) is 17.6. The van der Waals surface area contributed by atoms with E-state index in [9.17, 15) is 9.18 Å². The highest BCUT2D eigenvalue weighted by Gasteiger charge is 2.27. The second-order valence-corrected chi connectivity index (χ2v) is 7.87. The molecule has 156 valence electrons. The topological polar surface area (TPSA) is 97.7 Å². The van der Waals surface area contributed by atoms with Gasteiger partial charge in [0, 0.05) is 10.7 Å². The van der Waals surface area contributed by atoms with Crippen molar-refractivity contribution >= 4 is 27.6 Å². The summed E-state index contributed by atoms with van der Waals surface area (Å²) in [5.74, 6) is 0.893. The van der Waals surface area contributed by atoms with Crippen LogP contribution in [-0.2, 0) is 11.3 Å². The van der Waals surface area contributed by atoms with Crippen molar-refractivity contribution in [2.45, 2.75) is 12.6 Å². The third-order valence-electron chi connectivity index (χ3n) is 5.09. The Kier molecular flexibility index (Phi) is 5.08. The van der Waals surface area contributed by atoms with Crippen LogP contribution < -0.4 is 10.9 Å². The zero-order chi connectivity index (χ0) is 21.4. The number of anilines is 2. The molecule has 0 saturated heterocycles. The van der Waals surface area contributed by atoms with Crippen LogP contribution in [0.5, 0.6) is 0 Å². The van der Waals surface area contributed by atoms with Gasteiger partial charge in [0.05, 0.1) is 23.9 Å². The molecule has 0 bridgehead atoms. The number of hydrogen-bond acceptors (Lipinski definition) is 6. The highest BCUT2D eigenvalue weighted by molar-refractivity contribution is 9.10. The highest BCUT2D eigenvalue weighted by atomic mass is 79.9. The molecule has 3 heterocycles. The van der Waals surface area contributed by atoms with E-state index in [0.29, 0.717) is 36.2 Å². The average Bonchev–Trinajstić information content (AvgIpc) is 3.19. The van der Waals surface area contributed by atoms with Crippen molar-refractivity contribution in [3.63, 3.8) is 0 Å². The summed E-state index contributed by atoms with van der Waals surface area (Å²) in [4.78, 5) is 12.1. The van der Waals surface area contributed by atoms with Gasteiger partial charge in [0.25, 0.3) is 5.56 Å². The number of fused-ring (bicyclic) bond motifs is 1. The van der Waals surface area contributed by atoms with Crippen LogP contribution in [0.4, 0.5) is 16.0 Å². The third kappa shape index (κ3) is 3.75. The largest absolute Gasteiger partial charge is 0.371 e. The minimum absolute atomic E-state index is 0.202. The summed E-state index contributed by atoms with van der Waals surface area (Å²) in [5, 5.41) is 18.0. The van der Waals surface area contributed by atoms with Gasteiger partial charge in [-0.2, -0.15) is 5.10 Å². The number of benzene rings is 2. The number of hydrogen-bond donors (Lipinski definition) is 2. The molecule has 0 saturated carbocycles. The normalized spacial score (nSPS) is 15.5. The molecular formula is C21H16BrFN6O2. The summed E-state index contributed by atoms with van der Waals surface area (Å²) in [5.41, 5.74) is 2.57. The first-order chi connectivity index (χ1) is 15.1. The van der Waals surface area contributed by atoms with Crippen molar-refractivity contribution in [3.05, 3.63) is 86.8 Å². The van der Waals surface area contributed by atoms with E-state index in [1.165, 1.54) is 18.3 Å². The van der Waals surface area contributed by atoms with Crippen LogP contribution in [-0.4, -0.2) is 31.6 Å². The number of nitrogens with one attached hydrogen (secondary N) is 2. The fourth-order valence-electron chi connectivity index (χ4n) is 3.58. The molecule has 8 nitrogen and oxygen atoms in total. The average molecular weight is 483 g/mol. The van der Waals surface area contributed by atoms with Crippen molar-refractivity contribution in [3.8, 4) is 11.1 Å². The number of ether oxygens (including phenoxy) is 1. The van der Waals surface area contributed by atoms with Crippen molar-refractivity contribution in [2.75, 3.05) is 11.9 Å². The van der Waals surface area contributed by atoms with Crippen molar-refractivity contribution in [1.29, 1.82) is 0 Å². The highest BCUT2D eigenvalue weighted by Crippen LogP contribution is 2.33. The standard InChI is InChI=1S/C21H16BrFN6O2/c22-16-6-3-13(15-7-8-24-27-20(15)30)9-17(16)25-21-28-26-19-11-31-10-18(29(19)21)12-1-4-14(23)5-2-12/h1-9,18H,10-11H2,(H,25,28)(H,27,30). The molecule has 31 heavy (non-hydrogen) atoms. The van der Waals surface area contributed by atoms with Crippen LogP contribution in [0.2, 0.25) is 0 Å². The molecule has 1 aliphatic rings. The van der Waals surface area contributed by atoms with Gasteiger partial charge in [-0.15, -0.1) is 10.2 Å². The van der Waals surface area contributed by atoms with Gasteiger partial charge >= 0.3 is 0 Å². The molecular weight excluding hydrogens is 467 g/mol. The predicted octanol–water partition coefficient (Wildman–Crippen LogP) is 3.79. The van der Waals surface area contributed by atoms with Crippen LogP contribution in [0.1, 0.15) is 17.4 Å². The minimum atomic E-state index is -0.297. The summed E-state index contributed by atoms with van der Waals surface area (Å²) >= 11 is 3.55. The maximum Gasteiger partial charge on any atom is 0.272 e. The van der Waals surface area contributed by atoms with E-state index in [1.807, 2.05) is 22.8 Å². The molecule has 0 spiro atoms. The Bertz CT molecular complexity index is 1300. The molecule has 0 radical (unpaired) electrons. The number of rotatable bonds is 4. The molecule has 2 aromatic heterocycles. The number of halogens is 2. The molecule has 0 amide bonds. The predicted molar refractivity (Wildman–Crippen MR) is 115 cm³/mol. The smallest absolute Gasteiger partial charge is 0.272 e. The van der Waals surface area contributed by atoms with Crippen LogP contribution in [0, 0.1) is 5.82 Å². The maximum atomic E-state index is 13.4. The molecule has 1 unspecified atom stereocenters. The summed E-state index contributed by atoms with van der Waals surface area (Å²) in [7, 11) is 0. The van der Waals surface area contributed by atoms with Gasteiger partial charge < -0.3 is 10.1 Å². The third-order valence-corrected chi connectivity index (χ3v) is 5.78. The van der Waals surface area contributed by atoms with Gasteiger partial charge in [-0.25, -0.2) is 9.49 Å². The Labute approximate surface area is 184 Å². The summed E-state index contributed by atoms with van der Waals surface area (Å²) in [6.45, 7) is 0.749. The maximum absolute atomic E-state index is 13.4. The summed E-state index contributed by atoms with van der Waals surface area (Å²) in [6.07, 6.45) is 1.54. The number of nitrogens with zero attached hydrogens (tertiary/aromatic N) is 4. The fourth-order valence-corrected chi connectivity index (χ4v) is 3.93. The summed E-state index contributed by atoms with van der Waals surface area (Å²) < 4.78 is 21.8. The molecule has 2 aromatic carbocycles. The first-order valence-corrected chi connectivity index (χ1v) is 10.3. The van der Waals surface area contributed by atoms with E-state index in [2.05, 4.69) is 41.6 Å². The van der Waals surface area contributed by atoms with Gasteiger partial charge in [0.15, 0.2) is 5.82 Å². The van der Waals surface area contributed by atoms with Crippen molar-refractivity contribution in [2.24, 2.45) is 0 Å². The van der Waals surface area contributed by atoms with Crippen LogP contribution >= 0.6 is 15.9 Å². The molecule has 5 rings (SSSR count). The molecule has 2 N–H and O–H groups in total. The summed E-state index contributed by atoms with van der Waals surface area (Å²) in [6, 6.07) is 13.3. The second kappa shape index (κ2) is 8.05. The fraction of sp³-hybridized carbons (Fsp3) is 0.143. The molecule has 0 fully saturated rings. The van der Waals surface area contributed by atoms with Crippen LogP contribution in [0.25, 0.3) is 11.1 Å². The van der Waals surface area contributed by atoms with E-state index in [-0.39, 0.29) is 17.4 Å². The minimum Gasteiger partial charge on any atom is -0.371 e. The quantitative estimate of drug-likeness (QED) is 0.459. The number of H-pyrrole nitrogens is 1. The van der Waals surface area contributed by atoms with E-state index in [0.717, 1.165) is 15.6 Å². The van der Waals surface area contributed by atoms with Crippen molar-refractivity contribution in [1.82, 2.24) is 25.0 Å². The van der Waals surface area contributed by atoms with Gasteiger partial charge in [-0.1, -0.05) is 18.2 Å². The Morgan fingerprint density at radius 3 is 2.81 bits per heavy atom. The molecule has 10 heteroatoms. The zero-order valence-electron chi connectivity index (χ0n) is 16.0. The Balaban J connectivity index is 1.53. The van der Waals surface area contributed by atoms with Crippen LogP contribution in [0.15, 0.2) is 64.0 Å². The second-order valence-electron chi connectivity index (χ2n) is 7.01. The Hall–Kier alpha value is -3.37. The molecule has 1 atom stereocenters. The lowest BCUT2D eigenvalue weighted by atomic mass is 10.1. The van der Waals surface area contributed by atoms with Gasteiger partial charge in [0.1, 0.15) is 12.4 Å². The van der Waals surface area contributed by atoms with E-state index < -0.39 is 0 Å².